The van der Waals surface area contributed by atoms with E-state index in [0.29, 0.717) is 31.7 Å². The Bertz CT molecular complexity index is 724. The summed E-state index contributed by atoms with van der Waals surface area (Å²) < 4.78 is 0. The molecular weight excluding hydrogens is 314 g/mol. The molecule has 5 nitrogen and oxygen atoms in total. The van der Waals surface area contributed by atoms with Gasteiger partial charge < -0.3 is 14.8 Å². The molecule has 1 fully saturated rings. The monoisotopic (exact) mass is 339 g/mol. The molecule has 5 heteroatoms. The second kappa shape index (κ2) is 8.01. The van der Waals surface area contributed by atoms with Crippen LogP contribution in [0.25, 0.3) is 0 Å². The molecule has 0 bridgehead atoms. The normalized spacial score (nSPS) is 15.1. The molecule has 2 heterocycles. The van der Waals surface area contributed by atoms with Crippen LogP contribution in [0.2, 0.25) is 0 Å². The fourth-order valence-electron chi connectivity index (χ4n) is 3.29. The summed E-state index contributed by atoms with van der Waals surface area (Å²) in [5.41, 5.74) is 3.07. The lowest BCUT2D eigenvalue weighted by molar-refractivity contribution is -0.131. The minimum Gasteiger partial charge on any atom is -0.357 e. The summed E-state index contributed by atoms with van der Waals surface area (Å²) in [6.45, 7) is 4.70. The summed E-state index contributed by atoms with van der Waals surface area (Å²) >= 11 is 0. The van der Waals surface area contributed by atoms with Gasteiger partial charge in [0.05, 0.1) is 0 Å². The SMILES string of the molecule is Cc1ccccc1CCC(=O)N1CCCN(C(=O)c2ccc[nH]2)CC1. The van der Waals surface area contributed by atoms with Gasteiger partial charge in [-0.1, -0.05) is 24.3 Å². The topological polar surface area (TPSA) is 56.4 Å². The summed E-state index contributed by atoms with van der Waals surface area (Å²) in [7, 11) is 0. The smallest absolute Gasteiger partial charge is 0.270 e. The van der Waals surface area contributed by atoms with Gasteiger partial charge in [0.25, 0.3) is 5.91 Å². The maximum Gasteiger partial charge on any atom is 0.270 e. The Kier molecular flexibility index (Phi) is 5.53. The molecule has 1 N–H and O–H groups in total. The van der Waals surface area contributed by atoms with E-state index in [1.165, 1.54) is 11.1 Å². The quantitative estimate of drug-likeness (QED) is 0.931. The zero-order valence-electron chi connectivity index (χ0n) is 14.7. The molecule has 0 radical (unpaired) electrons. The number of H-pyrrole nitrogens is 1. The van der Waals surface area contributed by atoms with E-state index >= 15 is 0 Å². The molecule has 0 atom stereocenters. The van der Waals surface area contributed by atoms with E-state index in [0.717, 1.165) is 19.4 Å². The third kappa shape index (κ3) is 4.29. The van der Waals surface area contributed by atoms with Crippen LogP contribution in [0.3, 0.4) is 0 Å². The van der Waals surface area contributed by atoms with Crippen LogP contribution in [0.1, 0.15) is 34.5 Å². The van der Waals surface area contributed by atoms with Crippen molar-refractivity contribution < 1.29 is 9.59 Å². The Labute approximate surface area is 148 Å². The Morgan fingerprint density at radius 1 is 1.00 bits per heavy atom. The number of aromatic nitrogens is 1. The number of benzene rings is 1. The average molecular weight is 339 g/mol. The van der Waals surface area contributed by atoms with Crippen LogP contribution >= 0.6 is 0 Å². The molecule has 1 aromatic carbocycles. The van der Waals surface area contributed by atoms with Crippen molar-refractivity contribution in [1.82, 2.24) is 14.8 Å². The predicted molar refractivity (Wildman–Crippen MR) is 97.4 cm³/mol. The van der Waals surface area contributed by atoms with Gasteiger partial charge in [-0.3, -0.25) is 9.59 Å². The molecule has 3 rings (SSSR count). The Morgan fingerprint density at radius 3 is 2.52 bits per heavy atom. The van der Waals surface area contributed by atoms with E-state index in [9.17, 15) is 9.59 Å². The number of aromatic amines is 1. The molecule has 2 aromatic rings. The molecule has 1 aromatic heterocycles. The molecule has 132 valence electrons. The molecular formula is C20H25N3O2. The zero-order chi connectivity index (χ0) is 17.6. The van der Waals surface area contributed by atoms with E-state index in [2.05, 4.69) is 24.0 Å². The van der Waals surface area contributed by atoms with E-state index in [1.54, 1.807) is 12.3 Å². The lowest BCUT2D eigenvalue weighted by Crippen LogP contribution is -2.37. The number of aryl methyl sites for hydroxylation is 2. The highest BCUT2D eigenvalue weighted by Gasteiger charge is 2.23. The van der Waals surface area contributed by atoms with Crippen molar-refractivity contribution in [3.63, 3.8) is 0 Å². The van der Waals surface area contributed by atoms with E-state index in [1.807, 2.05) is 28.0 Å². The standard InChI is InChI=1S/C20H25N3O2/c1-16-6-2-3-7-17(16)9-10-19(24)22-12-5-13-23(15-14-22)20(25)18-8-4-11-21-18/h2-4,6-8,11,21H,5,9-10,12-15H2,1H3. The van der Waals surface area contributed by atoms with Crippen LogP contribution in [0.5, 0.6) is 0 Å². The zero-order valence-corrected chi connectivity index (χ0v) is 14.7. The van der Waals surface area contributed by atoms with Crippen molar-refractivity contribution in [1.29, 1.82) is 0 Å². The van der Waals surface area contributed by atoms with Gasteiger partial charge in [-0.2, -0.15) is 0 Å². The summed E-state index contributed by atoms with van der Waals surface area (Å²) in [4.78, 5) is 31.7. The molecule has 25 heavy (non-hydrogen) atoms. The largest absolute Gasteiger partial charge is 0.357 e. The Morgan fingerprint density at radius 2 is 1.76 bits per heavy atom. The molecule has 1 aliphatic heterocycles. The minimum absolute atomic E-state index is 0.0132. The van der Waals surface area contributed by atoms with Crippen LogP contribution < -0.4 is 0 Å². The van der Waals surface area contributed by atoms with Crippen LogP contribution in [0.4, 0.5) is 0 Å². The number of nitrogens with zero attached hydrogens (tertiary/aromatic N) is 2. The third-order valence-electron chi connectivity index (χ3n) is 4.83. The Balaban J connectivity index is 1.53. The van der Waals surface area contributed by atoms with Gasteiger partial charge in [-0.05, 0) is 43.0 Å². The van der Waals surface area contributed by atoms with Gasteiger partial charge in [0.15, 0.2) is 0 Å². The lowest BCUT2D eigenvalue weighted by Gasteiger charge is -2.22. The van der Waals surface area contributed by atoms with Crippen molar-refractivity contribution in [2.75, 3.05) is 26.2 Å². The van der Waals surface area contributed by atoms with Crippen LogP contribution in [0, 0.1) is 6.92 Å². The fourth-order valence-corrected chi connectivity index (χ4v) is 3.29. The maximum atomic E-state index is 12.6. The number of amides is 2. The summed E-state index contributed by atoms with van der Waals surface area (Å²) in [6.07, 6.45) is 3.87. The second-order valence-electron chi connectivity index (χ2n) is 6.54. The summed E-state index contributed by atoms with van der Waals surface area (Å²) in [6, 6.07) is 11.8. The molecule has 1 saturated heterocycles. The van der Waals surface area contributed by atoms with Gasteiger partial charge in [-0.25, -0.2) is 0 Å². The van der Waals surface area contributed by atoms with Gasteiger partial charge in [0, 0.05) is 38.8 Å². The molecule has 0 saturated carbocycles. The van der Waals surface area contributed by atoms with Crippen molar-refractivity contribution >= 4 is 11.8 Å². The Hall–Kier alpha value is -2.56. The number of nitrogens with one attached hydrogen (secondary N) is 1. The van der Waals surface area contributed by atoms with E-state index in [4.69, 9.17) is 0 Å². The third-order valence-corrected chi connectivity index (χ3v) is 4.83. The summed E-state index contributed by atoms with van der Waals surface area (Å²) in [5, 5.41) is 0. The first-order valence-corrected chi connectivity index (χ1v) is 8.90. The average Bonchev–Trinajstić information content (AvgIpc) is 3.04. The van der Waals surface area contributed by atoms with Crippen LogP contribution in [0.15, 0.2) is 42.6 Å². The minimum atomic E-state index is 0.0132. The van der Waals surface area contributed by atoms with E-state index in [-0.39, 0.29) is 11.8 Å². The lowest BCUT2D eigenvalue weighted by atomic mass is 10.0. The molecule has 0 aliphatic carbocycles. The highest BCUT2D eigenvalue weighted by atomic mass is 16.2. The number of carbonyl (C=O) groups is 2. The predicted octanol–water partition coefficient (Wildman–Crippen LogP) is 2.63. The number of rotatable bonds is 4. The summed E-state index contributed by atoms with van der Waals surface area (Å²) in [5.74, 6) is 0.191. The van der Waals surface area contributed by atoms with Gasteiger partial charge in [0.2, 0.25) is 5.91 Å². The maximum absolute atomic E-state index is 12.6. The highest BCUT2D eigenvalue weighted by Crippen LogP contribution is 2.13. The van der Waals surface area contributed by atoms with Gasteiger partial charge >= 0.3 is 0 Å². The van der Waals surface area contributed by atoms with Crippen molar-refractivity contribution in [2.45, 2.75) is 26.2 Å². The first-order chi connectivity index (χ1) is 12.1. The first kappa shape index (κ1) is 17.3. The molecule has 0 unspecified atom stereocenters. The number of hydrogen-bond donors (Lipinski definition) is 1. The second-order valence-corrected chi connectivity index (χ2v) is 6.54. The van der Waals surface area contributed by atoms with Crippen LogP contribution in [-0.4, -0.2) is 52.8 Å². The number of carbonyl (C=O) groups excluding carboxylic acids is 2. The highest BCUT2D eigenvalue weighted by molar-refractivity contribution is 5.92. The number of hydrogen-bond acceptors (Lipinski definition) is 2. The van der Waals surface area contributed by atoms with Crippen molar-refractivity contribution in [3.8, 4) is 0 Å². The van der Waals surface area contributed by atoms with Gasteiger partial charge in [-0.15, -0.1) is 0 Å². The molecule has 2 amide bonds. The molecule has 0 spiro atoms. The van der Waals surface area contributed by atoms with E-state index < -0.39 is 0 Å². The fraction of sp³-hybridized carbons (Fsp3) is 0.400. The van der Waals surface area contributed by atoms with Gasteiger partial charge in [0.1, 0.15) is 5.69 Å². The molecule has 1 aliphatic rings. The van der Waals surface area contributed by atoms with Crippen molar-refractivity contribution in [3.05, 3.63) is 59.4 Å². The first-order valence-electron chi connectivity index (χ1n) is 8.90. The van der Waals surface area contributed by atoms with Crippen molar-refractivity contribution in [2.24, 2.45) is 0 Å². The van der Waals surface area contributed by atoms with Crippen LogP contribution in [-0.2, 0) is 11.2 Å².